The molecule has 9 heteroatoms. The number of benzene rings is 1. The lowest BCUT2D eigenvalue weighted by Gasteiger charge is -2.43. The average Bonchev–Trinajstić information content (AvgIpc) is 3.07. The Balaban J connectivity index is 1.34. The number of halogens is 1. The zero-order chi connectivity index (χ0) is 24.6. The number of pyridine rings is 1. The van der Waals surface area contributed by atoms with Crippen molar-refractivity contribution in [2.45, 2.75) is 57.1 Å². The number of ether oxygens (including phenoxy) is 1. The van der Waals surface area contributed by atoms with E-state index < -0.39 is 5.54 Å². The molecular formula is C26H28ClN5O2S. The van der Waals surface area contributed by atoms with Crippen molar-refractivity contribution in [3.8, 4) is 11.8 Å². The highest BCUT2D eigenvalue weighted by Gasteiger charge is 2.59. The first-order chi connectivity index (χ1) is 17.0. The van der Waals surface area contributed by atoms with Gasteiger partial charge >= 0.3 is 0 Å². The molecule has 2 saturated heterocycles. The first-order valence-corrected chi connectivity index (χ1v) is 13.0. The second-order valence-electron chi connectivity index (χ2n) is 9.43. The highest BCUT2D eigenvalue weighted by Crippen LogP contribution is 2.48. The summed E-state index contributed by atoms with van der Waals surface area (Å²) in [5.74, 6) is 0.761. The Hall–Kier alpha value is -2.73. The molecule has 3 aliphatic rings. The number of likely N-dealkylation sites (tertiary alicyclic amines) is 1. The molecular weight excluding hydrogens is 482 g/mol. The summed E-state index contributed by atoms with van der Waals surface area (Å²) in [6.45, 7) is 5.52. The van der Waals surface area contributed by atoms with Gasteiger partial charge in [-0.1, -0.05) is 18.5 Å². The molecule has 182 valence electrons. The van der Waals surface area contributed by atoms with Crippen LogP contribution in [0.2, 0.25) is 5.02 Å². The number of anilines is 2. The Morgan fingerprint density at radius 2 is 1.94 bits per heavy atom. The molecule has 3 fully saturated rings. The highest BCUT2D eigenvalue weighted by molar-refractivity contribution is 7.81. The summed E-state index contributed by atoms with van der Waals surface area (Å²) < 4.78 is 6.26. The number of thiocarbonyl (C=S) groups is 1. The molecule has 0 radical (unpaired) electrons. The molecule has 1 aromatic heterocycles. The Bertz CT molecular complexity index is 1170. The Morgan fingerprint density at radius 1 is 1.23 bits per heavy atom. The summed E-state index contributed by atoms with van der Waals surface area (Å²) in [6.07, 6.45) is 7.38. The van der Waals surface area contributed by atoms with Gasteiger partial charge < -0.3 is 14.5 Å². The van der Waals surface area contributed by atoms with Crippen molar-refractivity contribution in [3.05, 3.63) is 47.2 Å². The molecule has 3 heterocycles. The Morgan fingerprint density at radius 3 is 2.51 bits per heavy atom. The maximum Gasteiger partial charge on any atom is 0.259 e. The summed E-state index contributed by atoms with van der Waals surface area (Å²) in [4.78, 5) is 23.7. The minimum absolute atomic E-state index is 0.0736. The number of nitrogens with zero attached hydrogens (tertiary/aromatic N) is 5. The average molecular weight is 510 g/mol. The molecule has 1 amide bonds. The first kappa shape index (κ1) is 24.0. The van der Waals surface area contributed by atoms with E-state index in [0.717, 1.165) is 63.2 Å². The topological polar surface area (TPSA) is 72.7 Å². The van der Waals surface area contributed by atoms with Gasteiger partial charge in [0.25, 0.3) is 5.91 Å². The van der Waals surface area contributed by atoms with Gasteiger partial charge in [-0.2, -0.15) is 5.26 Å². The van der Waals surface area contributed by atoms with Crippen LogP contribution >= 0.6 is 23.8 Å². The van der Waals surface area contributed by atoms with Gasteiger partial charge in [0.2, 0.25) is 0 Å². The van der Waals surface area contributed by atoms with E-state index in [0.29, 0.717) is 10.8 Å². The number of nitriles is 1. The third-order valence-electron chi connectivity index (χ3n) is 7.26. The summed E-state index contributed by atoms with van der Waals surface area (Å²) in [6, 6.07) is 11.4. The van der Waals surface area contributed by atoms with Crippen LogP contribution in [0.15, 0.2) is 36.5 Å². The number of hydrogen-bond donors (Lipinski definition) is 0. The number of amides is 1. The largest absolute Gasteiger partial charge is 0.490 e. The van der Waals surface area contributed by atoms with Gasteiger partial charge in [0.1, 0.15) is 23.5 Å². The molecule has 0 atom stereocenters. The first-order valence-electron chi connectivity index (χ1n) is 12.2. The molecule has 1 aliphatic carbocycles. The van der Waals surface area contributed by atoms with E-state index in [9.17, 15) is 4.79 Å². The zero-order valence-corrected chi connectivity index (χ0v) is 21.3. The van der Waals surface area contributed by atoms with Crippen LogP contribution in [0.4, 0.5) is 11.4 Å². The van der Waals surface area contributed by atoms with E-state index in [1.807, 2.05) is 35.2 Å². The maximum atomic E-state index is 13.6. The minimum atomic E-state index is -0.689. The standard InChI is InChI=1S/C26H28ClN5O2S/c1-2-12-30-13-8-21(9-14-30)34-20-6-4-18(5-7-20)32-25(35)31(24(33)26(32)10-3-11-26)19-15-22(27)23(16-28)29-17-19/h4-7,15,17,21H,2-3,8-14H2,1H3. The number of carbonyl (C=O) groups is 1. The van der Waals surface area contributed by atoms with Crippen LogP contribution in [0.3, 0.4) is 0 Å². The Kier molecular flexibility index (Phi) is 6.67. The molecule has 2 aromatic rings. The molecule has 1 spiro atoms. The minimum Gasteiger partial charge on any atom is -0.490 e. The second-order valence-corrected chi connectivity index (χ2v) is 10.2. The fourth-order valence-corrected chi connectivity index (χ4v) is 5.94. The van der Waals surface area contributed by atoms with Crippen LogP contribution in [0, 0.1) is 11.3 Å². The van der Waals surface area contributed by atoms with Crippen LogP contribution in [-0.4, -0.2) is 52.2 Å². The van der Waals surface area contributed by atoms with E-state index in [-0.39, 0.29) is 22.7 Å². The van der Waals surface area contributed by atoms with Gasteiger partial charge in [0, 0.05) is 18.8 Å². The molecule has 35 heavy (non-hydrogen) atoms. The van der Waals surface area contributed by atoms with Gasteiger partial charge in [0.05, 0.1) is 16.9 Å². The predicted octanol–water partition coefficient (Wildman–Crippen LogP) is 4.92. The van der Waals surface area contributed by atoms with Crippen LogP contribution < -0.4 is 14.5 Å². The van der Waals surface area contributed by atoms with Crippen LogP contribution in [-0.2, 0) is 4.79 Å². The number of carbonyl (C=O) groups excluding carboxylic acids is 1. The number of aromatic nitrogens is 1. The van der Waals surface area contributed by atoms with E-state index in [1.165, 1.54) is 17.5 Å². The van der Waals surface area contributed by atoms with Crippen LogP contribution in [0.1, 0.15) is 51.1 Å². The van der Waals surface area contributed by atoms with Crippen molar-refractivity contribution < 1.29 is 9.53 Å². The molecule has 1 saturated carbocycles. The number of hydrogen-bond acceptors (Lipinski definition) is 6. The molecule has 0 N–H and O–H groups in total. The maximum absolute atomic E-state index is 13.6. The molecule has 2 aliphatic heterocycles. The lowest BCUT2D eigenvalue weighted by molar-refractivity contribution is -0.123. The van der Waals surface area contributed by atoms with Gasteiger partial charge in [-0.05, 0) is 87.6 Å². The summed E-state index contributed by atoms with van der Waals surface area (Å²) >= 11 is 12.0. The van der Waals surface area contributed by atoms with Crippen LogP contribution in [0.5, 0.6) is 5.75 Å². The predicted molar refractivity (Wildman–Crippen MR) is 140 cm³/mol. The van der Waals surface area contributed by atoms with Crippen molar-refractivity contribution in [2.75, 3.05) is 29.4 Å². The summed E-state index contributed by atoms with van der Waals surface area (Å²) in [7, 11) is 0. The smallest absolute Gasteiger partial charge is 0.259 e. The van der Waals surface area contributed by atoms with Crippen molar-refractivity contribution >= 4 is 46.2 Å². The Labute approximate surface area is 216 Å². The monoisotopic (exact) mass is 509 g/mol. The van der Waals surface area contributed by atoms with Gasteiger partial charge in [0.15, 0.2) is 10.8 Å². The quantitative estimate of drug-likeness (QED) is 0.512. The van der Waals surface area contributed by atoms with Crippen molar-refractivity contribution in [2.24, 2.45) is 0 Å². The van der Waals surface area contributed by atoms with Crippen molar-refractivity contribution in [3.63, 3.8) is 0 Å². The lowest BCUT2D eigenvalue weighted by atomic mass is 9.75. The fraction of sp³-hybridized carbons (Fsp3) is 0.462. The van der Waals surface area contributed by atoms with Gasteiger partial charge in [-0.3, -0.25) is 9.69 Å². The second kappa shape index (κ2) is 9.73. The lowest BCUT2D eigenvalue weighted by Crippen LogP contribution is -2.55. The van der Waals surface area contributed by atoms with E-state index >= 15 is 0 Å². The highest BCUT2D eigenvalue weighted by atomic mass is 35.5. The normalized spacial score (nSPS) is 20.3. The summed E-state index contributed by atoms with van der Waals surface area (Å²) in [5, 5.41) is 9.73. The molecule has 5 rings (SSSR count). The van der Waals surface area contributed by atoms with Crippen molar-refractivity contribution in [1.29, 1.82) is 5.26 Å². The fourth-order valence-electron chi connectivity index (χ4n) is 5.27. The SMILES string of the molecule is CCCN1CCC(Oc2ccc(N3C(=S)N(c4cnc(C#N)c(Cl)c4)C(=O)C34CCC4)cc2)CC1. The van der Waals surface area contributed by atoms with E-state index in [4.69, 9.17) is 33.8 Å². The van der Waals surface area contributed by atoms with E-state index in [2.05, 4.69) is 16.8 Å². The zero-order valence-electron chi connectivity index (χ0n) is 19.7. The molecule has 0 bridgehead atoms. The van der Waals surface area contributed by atoms with Gasteiger partial charge in [-0.25, -0.2) is 4.98 Å². The molecule has 1 aromatic carbocycles. The molecule has 7 nitrogen and oxygen atoms in total. The van der Waals surface area contributed by atoms with E-state index in [1.54, 1.807) is 6.07 Å². The third kappa shape index (κ3) is 4.26. The third-order valence-corrected chi connectivity index (χ3v) is 7.91. The number of rotatable bonds is 6. The van der Waals surface area contributed by atoms with Gasteiger partial charge in [-0.15, -0.1) is 0 Å². The molecule has 0 unspecified atom stereocenters. The number of piperidine rings is 1. The van der Waals surface area contributed by atoms with Crippen LogP contribution in [0.25, 0.3) is 0 Å². The van der Waals surface area contributed by atoms with Crippen molar-refractivity contribution in [1.82, 2.24) is 9.88 Å². The summed E-state index contributed by atoms with van der Waals surface area (Å²) in [5.41, 5.74) is 0.775.